The standard InChI is InChI=1S/C13H18N4S/c1-10(18-12-8-15-5-6-16-12)7-13(2,9-14)17-11-3-4-11/h5-6,8,10-11,17H,3-4,7H2,1-2H3. The van der Waals surface area contributed by atoms with E-state index in [-0.39, 0.29) is 0 Å². The van der Waals surface area contributed by atoms with Crippen molar-refractivity contribution in [2.45, 2.75) is 55.0 Å². The smallest absolute Gasteiger partial charge is 0.115 e. The zero-order valence-corrected chi connectivity index (χ0v) is 11.6. The lowest BCUT2D eigenvalue weighted by Gasteiger charge is -2.26. The molecule has 18 heavy (non-hydrogen) atoms. The van der Waals surface area contributed by atoms with Gasteiger partial charge in [0.15, 0.2) is 0 Å². The molecule has 96 valence electrons. The molecule has 2 atom stereocenters. The maximum absolute atomic E-state index is 9.33. The summed E-state index contributed by atoms with van der Waals surface area (Å²) >= 11 is 1.67. The molecule has 1 fully saturated rings. The lowest BCUT2D eigenvalue weighted by molar-refractivity contribution is 0.414. The predicted molar refractivity (Wildman–Crippen MR) is 72.1 cm³/mol. The molecule has 1 heterocycles. The van der Waals surface area contributed by atoms with E-state index < -0.39 is 5.54 Å². The predicted octanol–water partition coefficient (Wildman–Crippen LogP) is 2.38. The van der Waals surface area contributed by atoms with Crippen molar-refractivity contribution in [2.24, 2.45) is 0 Å². The van der Waals surface area contributed by atoms with Crippen LogP contribution in [0, 0.1) is 11.3 Å². The normalized spacial score (nSPS) is 19.8. The molecule has 2 unspecified atom stereocenters. The van der Waals surface area contributed by atoms with E-state index in [1.54, 1.807) is 30.4 Å². The minimum Gasteiger partial charge on any atom is -0.297 e. The monoisotopic (exact) mass is 262 g/mol. The second-order valence-electron chi connectivity index (χ2n) is 5.04. The molecular weight excluding hydrogens is 244 g/mol. The molecule has 5 heteroatoms. The molecule has 4 nitrogen and oxygen atoms in total. The summed E-state index contributed by atoms with van der Waals surface area (Å²) in [7, 11) is 0. The second kappa shape index (κ2) is 5.68. The topological polar surface area (TPSA) is 61.6 Å². The fourth-order valence-electron chi connectivity index (χ4n) is 1.98. The third kappa shape index (κ3) is 3.97. The SMILES string of the molecule is CC(CC(C)(C#N)NC1CC1)Sc1cnccn1. The molecule has 1 aliphatic carbocycles. The van der Waals surface area contributed by atoms with E-state index in [1.165, 1.54) is 12.8 Å². The van der Waals surface area contributed by atoms with Gasteiger partial charge in [-0.15, -0.1) is 11.8 Å². The van der Waals surface area contributed by atoms with Crippen molar-refractivity contribution in [3.8, 4) is 6.07 Å². The first kappa shape index (κ1) is 13.3. The van der Waals surface area contributed by atoms with Crippen LogP contribution < -0.4 is 5.32 Å². The van der Waals surface area contributed by atoms with Crippen molar-refractivity contribution in [3.63, 3.8) is 0 Å². The minimum absolute atomic E-state index is 0.331. The first-order valence-electron chi connectivity index (χ1n) is 6.23. The van der Waals surface area contributed by atoms with Crippen molar-refractivity contribution in [1.29, 1.82) is 5.26 Å². The number of nitriles is 1. The average molecular weight is 262 g/mol. The fraction of sp³-hybridized carbons (Fsp3) is 0.615. The molecule has 0 spiro atoms. The number of hydrogen-bond acceptors (Lipinski definition) is 5. The minimum atomic E-state index is -0.435. The van der Waals surface area contributed by atoms with Gasteiger partial charge in [-0.3, -0.25) is 10.3 Å². The molecule has 0 saturated heterocycles. The van der Waals surface area contributed by atoms with E-state index in [1.807, 2.05) is 6.92 Å². The Labute approximate surface area is 112 Å². The van der Waals surface area contributed by atoms with Gasteiger partial charge in [-0.2, -0.15) is 5.26 Å². The van der Waals surface area contributed by atoms with Gasteiger partial charge in [0.25, 0.3) is 0 Å². The van der Waals surface area contributed by atoms with E-state index in [4.69, 9.17) is 0 Å². The number of thioether (sulfide) groups is 1. The highest BCUT2D eigenvalue weighted by molar-refractivity contribution is 7.99. The Hall–Kier alpha value is -1.12. The number of nitrogens with zero attached hydrogens (tertiary/aromatic N) is 3. The maximum atomic E-state index is 9.33. The zero-order chi connectivity index (χ0) is 13.0. The van der Waals surface area contributed by atoms with Gasteiger partial charge in [-0.1, -0.05) is 6.92 Å². The van der Waals surface area contributed by atoms with Crippen LogP contribution in [0.15, 0.2) is 23.6 Å². The lowest BCUT2D eigenvalue weighted by atomic mass is 9.98. The van der Waals surface area contributed by atoms with Gasteiger partial charge in [0.05, 0.1) is 12.3 Å². The highest BCUT2D eigenvalue weighted by atomic mass is 32.2. The van der Waals surface area contributed by atoms with Crippen LogP contribution in [0.4, 0.5) is 0 Å². The lowest BCUT2D eigenvalue weighted by Crippen LogP contribution is -2.44. The summed E-state index contributed by atoms with van der Waals surface area (Å²) in [5.74, 6) is 0. The summed E-state index contributed by atoms with van der Waals surface area (Å²) in [5.41, 5.74) is -0.435. The van der Waals surface area contributed by atoms with Crippen LogP contribution >= 0.6 is 11.8 Å². The van der Waals surface area contributed by atoms with Crippen molar-refractivity contribution < 1.29 is 0 Å². The molecule has 1 aromatic rings. The molecule has 1 saturated carbocycles. The van der Waals surface area contributed by atoms with Gasteiger partial charge in [0, 0.05) is 23.7 Å². The Kier molecular flexibility index (Phi) is 4.20. The Bertz CT molecular complexity index is 426. The van der Waals surface area contributed by atoms with Crippen LogP contribution in [0.1, 0.15) is 33.1 Å². The summed E-state index contributed by atoms with van der Waals surface area (Å²) in [5, 5.41) is 14.0. The van der Waals surface area contributed by atoms with Crippen molar-refractivity contribution in [3.05, 3.63) is 18.6 Å². The number of nitrogens with one attached hydrogen (secondary N) is 1. The molecule has 0 aromatic carbocycles. The van der Waals surface area contributed by atoms with Crippen LogP contribution in [0.3, 0.4) is 0 Å². The first-order valence-corrected chi connectivity index (χ1v) is 7.11. The van der Waals surface area contributed by atoms with E-state index in [0.29, 0.717) is 11.3 Å². The van der Waals surface area contributed by atoms with Crippen molar-refractivity contribution in [1.82, 2.24) is 15.3 Å². The second-order valence-corrected chi connectivity index (χ2v) is 6.50. The van der Waals surface area contributed by atoms with Gasteiger partial charge >= 0.3 is 0 Å². The Balaban J connectivity index is 1.89. The molecule has 1 N–H and O–H groups in total. The van der Waals surface area contributed by atoms with Crippen molar-refractivity contribution in [2.75, 3.05) is 0 Å². The number of aromatic nitrogens is 2. The average Bonchev–Trinajstić information content (AvgIpc) is 3.13. The fourth-order valence-corrected chi connectivity index (χ4v) is 3.06. The van der Waals surface area contributed by atoms with Crippen LogP contribution in [0.5, 0.6) is 0 Å². The van der Waals surface area contributed by atoms with Gasteiger partial charge in [-0.05, 0) is 26.2 Å². The molecule has 1 aliphatic rings. The highest BCUT2D eigenvalue weighted by Crippen LogP contribution is 2.29. The first-order chi connectivity index (χ1) is 8.61. The molecular formula is C13H18N4S. The molecule has 0 amide bonds. The van der Waals surface area contributed by atoms with Crippen LogP contribution in [0.2, 0.25) is 0 Å². The van der Waals surface area contributed by atoms with Crippen LogP contribution in [-0.4, -0.2) is 26.8 Å². The van der Waals surface area contributed by atoms with Crippen molar-refractivity contribution >= 4 is 11.8 Å². The molecule has 0 bridgehead atoms. The van der Waals surface area contributed by atoms with E-state index in [2.05, 4.69) is 28.3 Å². The van der Waals surface area contributed by atoms with E-state index in [9.17, 15) is 5.26 Å². The molecule has 2 rings (SSSR count). The third-order valence-electron chi connectivity index (χ3n) is 2.90. The Morgan fingerprint density at radius 3 is 2.94 bits per heavy atom. The quantitative estimate of drug-likeness (QED) is 0.798. The summed E-state index contributed by atoms with van der Waals surface area (Å²) in [6.45, 7) is 4.11. The van der Waals surface area contributed by atoms with E-state index in [0.717, 1.165) is 11.4 Å². The summed E-state index contributed by atoms with van der Waals surface area (Å²) in [6, 6.07) is 2.95. The summed E-state index contributed by atoms with van der Waals surface area (Å²) < 4.78 is 0. The number of rotatable bonds is 6. The van der Waals surface area contributed by atoms with Crippen LogP contribution in [-0.2, 0) is 0 Å². The van der Waals surface area contributed by atoms with Crippen LogP contribution in [0.25, 0.3) is 0 Å². The van der Waals surface area contributed by atoms with Gasteiger partial charge in [-0.25, -0.2) is 4.98 Å². The number of hydrogen-bond donors (Lipinski definition) is 1. The molecule has 0 aliphatic heterocycles. The largest absolute Gasteiger partial charge is 0.297 e. The summed E-state index contributed by atoms with van der Waals surface area (Å²) in [6.07, 6.45) is 8.33. The van der Waals surface area contributed by atoms with Gasteiger partial charge in [0.1, 0.15) is 10.6 Å². The van der Waals surface area contributed by atoms with Gasteiger partial charge < -0.3 is 0 Å². The maximum Gasteiger partial charge on any atom is 0.115 e. The molecule has 0 radical (unpaired) electrons. The summed E-state index contributed by atoms with van der Waals surface area (Å²) in [4.78, 5) is 8.29. The third-order valence-corrected chi connectivity index (χ3v) is 3.93. The Morgan fingerprint density at radius 2 is 2.39 bits per heavy atom. The highest BCUT2D eigenvalue weighted by Gasteiger charge is 2.33. The molecule has 1 aromatic heterocycles. The Morgan fingerprint density at radius 1 is 1.61 bits per heavy atom. The van der Waals surface area contributed by atoms with E-state index >= 15 is 0 Å². The zero-order valence-electron chi connectivity index (χ0n) is 10.8. The van der Waals surface area contributed by atoms with Gasteiger partial charge in [0.2, 0.25) is 0 Å².